The predicted octanol–water partition coefficient (Wildman–Crippen LogP) is 2.07. The van der Waals surface area contributed by atoms with Crippen LogP contribution in [0.2, 0.25) is 0 Å². The molecule has 0 radical (unpaired) electrons. The second-order valence-corrected chi connectivity index (χ2v) is 4.94. The Bertz CT molecular complexity index is 299. The van der Waals surface area contributed by atoms with Crippen LogP contribution in [0.15, 0.2) is 24.3 Å². The number of halogens is 1. The molecule has 1 fully saturated rings. The molecule has 0 saturated carbocycles. The van der Waals surface area contributed by atoms with Gasteiger partial charge in [0.25, 0.3) is 0 Å². The molecule has 0 bridgehead atoms. The minimum Gasteiger partial charge on any atom is -0.314 e. The van der Waals surface area contributed by atoms with Crippen LogP contribution >= 0.6 is 11.8 Å². The summed E-state index contributed by atoms with van der Waals surface area (Å²) in [5, 5.41) is 4.02. The molecule has 0 atom stereocenters. The Hall–Kier alpha value is -0.540. The summed E-state index contributed by atoms with van der Waals surface area (Å²) in [6, 6.07) is 6.88. The van der Waals surface area contributed by atoms with E-state index in [1.165, 1.54) is 6.07 Å². The van der Waals surface area contributed by atoms with Gasteiger partial charge in [-0.15, -0.1) is 0 Å². The molecule has 1 aromatic carbocycles. The van der Waals surface area contributed by atoms with Crippen molar-refractivity contribution in [3.8, 4) is 0 Å². The minimum absolute atomic E-state index is 0.127. The molecule has 76 valence electrons. The van der Waals surface area contributed by atoms with E-state index in [9.17, 15) is 4.39 Å². The van der Waals surface area contributed by atoms with E-state index in [1.807, 2.05) is 17.8 Å². The van der Waals surface area contributed by atoms with E-state index in [-0.39, 0.29) is 5.82 Å². The first-order valence-corrected chi connectivity index (χ1v) is 5.96. The Balaban J connectivity index is 1.74. The van der Waals surface area contributed by atoms with Crippen LogP contribution in [-0.4, -0.2) is 24.1 Å². The second-order valence-electron chi connectivity index (χ2n) is 3.53. The van der Waals surface area contributed by atoms with Crippen LogP contribution in [0.1, 0.15) is 5.56 Å². The lowest BCUT2D eigenvalue weighted by Gasteiger charge is -2.26. The van der Waals surface area contributed by atoms with Gasteiger partial charge in [0.15, 0.2) is 0 Å². The van der Waals surface area contributed by atoms with Crippen LogP contribution in [0.4, 0.5) is 4.39 Å². The summed E-state index contributed by atoms with van der Waals surface area (Å²) >= 11 is 1.98. The summed E-state index contributed by atoms with van der Waals surface area (Å²) in [6.45, 7) is 2.27. The van der Waals surface area contributed by atoms with Gasteiger partial charge in [0.1, 0.15) is 5.82 Å². The average Bonchev–Trinajstić information content (AvgIpc) is 2.09. The van der Waals surface area contributed by atoms with E-state index >= 15 is 0 Å². The van der Waals surface area contributed by atoms with Crippen molar-refractivity contribution in [2.24, 2.45) is 0 Å². The van der Waals surface area contributed by atoms with E-state index < -0.39 is 0 Å². The first-order chi connectivity index (χ1) is 6.84. The third-order valence-corrected chi connectivity index (χ3v) is 3.62. The molecule has 3 heteroatoms. The highest BCUT2D eigenvalue weighted by Gasteiger charge is 2.16. The molecule has 0 spiro atoms. The maximum absolute atomic E-state index is 12.8. The highest BCUT2D eigenvalue weighted by Crippen LogP contribution is 2.16. The maximum Gasteiger partial charge on any atom is 0.123 e. The fraction of sp³-hybridized carbons (Fsp3) is 0.455. The molecule has 0 unspecified atom stereocenters. The lowest BCUT2D eigenvalue weighted by atomic mass is 10.2. The topological polar surface area (TPSA) is 12.0 Å². The molecule has 1 aromatic rings. The van der Waals surface area contributed by atoms with Crippen LogP contribution in [0.3, 0.4) is 0 Å². The zero-order valence-electron chi connectivity index (χ0n) is 8.00. The Kier molecular flexibility index (Phi) is 3.43. The number of hydrogen-bond donors (Lipinski definition) is 1. The number of benzene rings is 1. The van der Waals surface area contributed by atoms with Gasteiger partial charge < -0.3 is 5.32 Å². The Morgan fingerprint density at radius 1 is 1.43 bits per heavy atom. The highest BCUT2D eigenvalue weighted by molar-refractivity contribution is 8.00. The quantitative estimate of drug-likeness (QED) is 0.818. The zero-order valence-corrected chi connectivity index (χ0v) is 8.82. The fourth-order valence-corrected chi connectivity index (χ4v) is 2.57. The summed E-state index contributed by atoms with van der Waals surface area (Å²) in [7, 11) is 0. The fourth-order valence-electron chi connectivity index (χ4n) is 1.42. The van der Waals surface area contributed by atoms with E-state index in [2.05, 4.69) is 5.32 Å². The molecule has 1 saturated heterocycles. The van der Waals surface area contributed by atoms with E-state index in [0.29, 0.717) is 0 Å². The van der Waals surface area contributed by atoms with Crippen LogP contribution in [0.25, 0.3) is 0 Å². The average molecular weight is 211 g/mol. The van der Waals surface area contributed by atoms with Gasteiger partial charge in [-0.3, -0.25) is 0 Å². The van der Waals surface area contributed by atoms with E-state index in [0.717, 1.165) is 36.1 Å². The van der Waals surface area contributed by atoms with Crippen LogP contribution in [-0.2, 0) is 6.42 Å². The summed E-state index contributed by atoms with van der Waals surface area (Å²) in [5.74, 6) is 0.966. The first-order valence-electron chi connectivity index (χ1n) is 4.91. The van der Waals surface area contributed by atoms with Gasteiger partial charge in [-0.25, -0.2) is 4.39 Å². The van der Waals surface area contributed by atoms with E-state index in [4.69, 9.17) is 0 Å². The van der Waals surface area contributed by atoms with Gasteiger partial charge in [-0.2, -0.15) is 11.8 Å². The third kappa shape index (κ3) is 2.72. The number of aryl methyl sites for hydroxylation is 1. The number of thioether (sulfide) groups is 1. The predicted molar refractivity (Wildman–Crippen MR) is 59.2 cm³/mol. The molecule has 1 N–H and O–H groups in total. The largest absolute Gasteiger partial charge is 0.314 e. The summed E-state index contributed by atoms with van der Waals surface area (Å²) in [5.41, 5.74) is 1.10. The molecule has 1 aliphatic rings. The Morgan fingerprint density at radius 3 is 2.93 bits per heavy atom. The van der Waals surface area contributed by atoms with Gasteiger partial charge in [0.05, 0.1) is 0 Å². The lowest BCUT2D eigenvalue weighted by molar-refractivity contribution is 0.543. The molecule has 1 heterocycles. The SMILES string of the molecule is Fc1cccc(CCSC2CNC2)c1. The smallest absolute Gasteiger partial charge is 0.123 e. The molecule has 1 nitrogen and oxygen atoms in total. The molecule has 14 heavy (non-hydrogen) atoms. The molecule has 2 rings (SSSR count). The summed E-state index contributed by atoms with van der Waals surface area (Å²) in [4.78, 5) is 0. The molecular formula is C11H14FNS. The van der Waals surface area contributed by atoms with Crippen molar-refractivity contribution in [1.82, 2.24) is 5.32 Å². The molecule has 0 aliphatic carbocycles. The van der Waals surface area contributed by atoms with Crippen molar-refractivity contribution in [3.63, 3.8) is 0 Å². The monoisotopic (exact) mass is 211 g/mol. The summed E-state index contributed by atoms with van der Waals surface area (Å²) < 4.78 is 12.8. The van der Waals surface area contributed by atoms with Crippen molar-refractivity contribution in [2.45, 2.75) is 11.7 Å². The highest BCUT2D eigenvalue weighted by atomic mass is 32.2. The normalized spacial score (nSPS) is 16.6. The van der Waals surface area contributed by atoms with Crippen molar-refractivity contribution in [1.29, 1.82) is 0 Å². The van der Waals surface area contributed by atoms with Crippen LogP contribution in [0, 0.1) is 5.82 Å². The van der Waals surface area contributed by atoms with Gasteiger partial charge in [0.2, 0.25) is 0 Å². The number of hydrogen-bond acceptors (Lipinski definition) is 2. The molecule has 1 aliphatic heterocycles. The minimum atomic E-state index is -0.127. The van der Waals surface area contributed by atoms with Crippen LogP contribution in [0.5, 0.6) is 0 Å². The second kappa shape index (κ2) is 4.80. The van der Waals surface area contributed by atoms with Crippen LogP contribution < -0.4 is 5.32 Å². The van der Waals surface area contributed by atoms with E-state index in [1.54, 1.807) is 12.1 Å². The van der Waals surface area contributed by atoms with Crippen molar-refractivity contribution in [2.75, 3.05) is 18.8 Å². The maximum atomic E-state index is 12.8. The molecule has 0 aromatic heterocycles. The van der Waals surface area contributed by atoms with Gasteiger partial charge in [-0.05, 0) is 29.9 Å². The molecule has 0 amide bonds. The van der Waals surface area contributed by atoms with Crippen molar-refractivity contribution < 1.29 is 4.39 Å². The number of rotatable bonds is 4. The van der Waals surface area contributed by atoms with Gasteiger partial charge >= 0.3 is 0 Å². The Labute approximate surface area is 88.1 Å². The lowest BCUT2D eigenvalue weighted by Crippen LogP contribution is -2.44. The molecular weight excluding hydrogens is 197 g/mol. The summed E-state index contributed by atoms with van der Waals surface area (Å²) in [6.07, 6.45) is 0.971. The Morgan fingerprint density at radius 2 is 2.29 bits per heavy atom. The third-order valence-electron chi connectivity index (χ3n) is 2.38. The van der Waals surface area contributed by atoms with Gasteiger partial charge in [-0.1, -0.05) is 12.1 Å². The zero-order chi connectivity index (χ0) is 9.80. The number of nitrogens with one attached hydrogen (secondary N) is 1. The standard InChI is InChI=1S/C11H14FNS/c12-10-3-1-2-9(6-10)4-5-14-11-7-13-8-11/h1-3,6,11,13H,4-5,7-8H2. The van der Waals surface area contributed by atoms with Gasteiger partial charge in [0, 0.05) is 18.3 Å². The first kappa shape index (κ1) is 9.99. The van der Waals surface area contributed by atoms with Crippen molar-refractivity contribution >= 4 is 11.8 Å². The van der Waals surface area contributed by atoms with Crippen molar-refractivity contribution in [3.05, 3.63) is 35.6 Å².